The highest BCUT2D eigenvalue weighted by Gasteiger charge is 2.03. The predicted octanol–water partition coefficient (Wildman–Crippen LogP) is 7.38. The Morgan fingerprint density at radius 2 is 1.12 bits per heavy atom. The zero-order valence-corrected chi connectivity index (χ0v) is 17.6. The van der Waals surface area contributed by atoms with Gasteiger partial charge in [-0.1, -0.05) is 58.4 Å². The van der Waals surface area contributed by atoms with Crippen LogP contribution in [0.1, 0.15) is 0 Å². The zero-order valence-electron chi connectivity index (χ0n) is 12.9. The van der Waals surface area contributed by atoms with Crippen LogP contribution in [0.2, 0.25) is 0 Å². The standard InChI is InChI=1S/C10H6Br2O.C10H7BrO/c11-7-2-3-8-6(5-7)1-4-9(13)10(8)12;11-10-8-4-2-1-3-7(8)5-6-9(10)12/h1-5,13H;1-6,12H. The molecule has 2 nitrogen and oxygen atoms in total. The third-order valence-corrected chi connectivity index (χ3v) is 5.90. The second-order valence-corrected chi connectivity index (χ2v) is 7.89. The lowest BCUT2D eigenvalue weighted by atomic mass is 10.1. The first-order valence-corrected chi connectivity index (χ1v) is 9.78. The Balaban J connectivity index is 0.000000146. The molecule has 2 N–H and O–H groups in total. The van der Waals surface area contributed by atoms with Gasteiger partial charge in [-0.25, -0.2) is 0 Å². The fourth-order valence-electron chi connectivity index (χ4n) is 2.47. The molecule has 5 heteroatoms. The van der Waals surface area contributed by atoms with Crippen LogP contribution in [0, 0.1) is 0 Å². The van der Waals surface area contributed by atoms with Crippen molar-refractivity contribution in [2.24, 2.45) is 0 Å². The lowest BCUT2D eigenvalue weighted by Crippen LogP contribution is -1.75. The van der Waals surface area contributed by atoms with Gasteiger partial charge in [0.2, 0.25) is 0 Å². The van der Waals surface area contributed by atoms with E-state index in [1.165, 1.54) is 0 Å². The maximum absolute atomic E-state index is 9.43. The van der Waals surface area contributed by atoms with Crippen molar-refractivity contribution in [2.45, 2.75) is 0 Å². The van der Waals surface area contributed by atoms with Crippen LogP contribution in [0.5, 0.6) is 11.5 Å². The predicted molar refractivity (Wildman–Crippen MR) is 114 cm³/mol. The van der Waals surface area contributed by atoms with Gasteiger partial charge in [0, 0.05) is 4.47 Å². The first-order valence-electron chi connectivity index (χ1n) is 7.40. The Morgan fingerprint density at radius 3 is 1.80 bits per heavy atom. The minimum absolute atomic E-state index is 0.273. The second kappa shape index (κ2) is 7.77. The molecule has 126 valence electrons. The average molecular weight is 525 g/mol. The number of hydrogen-bond donors (Lipinski definition) is 2. The molecule has 0 saturated carbocycles. The van der Waals surface area contributed by atoms with E-state index < -0.39 is 0 Å². The highest BCUT2D eigenvalue weighted by atomic mass is 79.9. The van der Waals surface area contributed by atoms with E-state index in [9.17, 15) is 10.2 Å². The molecule has 0 aliphatic heterocycles. The summed E-state index contributed by atoms with van der Waals surface area (Å²) in [7, 11) is 0. The van der Waals surface area contributed by atoms with Crippen molar-refractivity contribution in [2.75, 3.05) is 0 Å². The fraction of sp³-hybridized carbons (Fsp3) is 0. The Labute approximate surface area is 170 Å². The minimum atomic E-state index is 0.273. The maximum Gasteiger partial charge on any atom is 0.130 e. The van der Waals surface area contributed by atoms with Crippen molar-refractivity contribution in [1.29, 1.82) is 0 Å². The van der Waals surface area contributed by atoms with Gasteiger partial charge >= 0.3 is 0 Å². The molecular weight excluding hydrogens is 512 g/mol. The van der Waals surface area contributed by atoms with E-state index in [0.29, 0.717) is 0 Å². The van der Waals surface area contributed by atoms with Crippen molar-refractivity contribution in [1.82, 2.24) is 0 Å². The molecule has 0 amide bonds. The summed E-state index contributed by atoms with van der Waals surface area (Å²) in [4.78, 5) is 0. The highest BCUT2D eigenvalue weighted by molar-refractivity contribution is 9.11. The number of phenols is 2. The number of hydrogen-bond acceptors (Lipinski definition) is 2. The second-order valence-electron chi connectivity index (χ2n) is 5.38. The molecule has 4 aromatic rings. The molecule has 0 radical (unpaired) electrons. The molecule has 0 aliphatic carbocycles. The van der Waals surface area contributed by atoms with Gasteiger partial charge in [-0.2, -0.15) is 0 Å². The van der Waals surface area contributed by atoms with Gasteiger partial charge in [0.05, 0.1) is 8.95 Å². The summed E-state index contributed by atoms with van der Waals surface area (Å²) in [5.74, 6) is 0.559. The number of aromatic hydroxyl groups is 2. The van der Waals surface area contributed by atoms with Crippen LogP contribution in [-0.4, -0.2) is 10.2 Å². The fourth-order valence-corrected chi connectivity index (χ4v) is 3.84. The quantitative estimate of drug-likeness (QED) is 0.252. The monoisotopic (exact) mass is 522 g/mol. The molecule has 0 spiro atoms. The summed E-state index contributed by atoms with van der Waals surface area (Å²) >= 11 is 10.1. The summed E-state index contributed by atoms with van der Waals surface area (Å²) < 4.78 is 2.55. The lowest BCUT2D eigenvalue weighted by molar-refractivity contribution is 0.472. The van der Waals surface area contributed by atoms with Gasteiger partial charge in [-0.3, -0.25) is 0 Å². The topological polar surface area (TPSA) is 40.5 Å². The van der Waals surface area contributed by atoms with E-state index in [1.54, 1.807) is 12.1 Å². The lowest BCUT2D eigenvalue weighted by Gasteiger charge is -2.02. The van der Waals surface area contributed by atoms with Crippen molar-refractivity contribution >= 4 is 69.3 Å². The van der Waals surface area contributed by atoms with Crippen LogP contribution in [0.3, 0.4) is 0 Å². The molecule has 4 rings (SSSR count). The molecule has 0 atom stereocenters. The molecule has 0 fully saturated rings. The van der Waals surface area contributed by atoms with Crippen molar-refractivity contribution < 1.29 is 10.2 Å². The van der Waals surface area contributed by atoms with Gasteiger partial charge in [-0.15, -0.1) is 0 Å². The summed E-state index contributed by atoms with van der Waals surface area (Å²) in [5, 5.41) is 23.1. The molecular formula is C20H13Br3O2. The summed E-state index contributed by atoms with van der Waals surface area (Å²) in [6.07, 6.45) is 0. The molecule has 0 unspecified atom stereocenters. The third-order valence-electron chi connectivity index (χ3n) is 3.74. The molecule has 0 aliphatic rings. The van der Waals surface area contributed by atoms with E-state index in [-0.39, 0.29) is 11.5 Å². The summed E-state index contributed by atoms with van der Waals surface area (Å²) in [6.45, 7) is 0. The molecule has 0 bridgehead atoms. The SMILES string of the molecule is Oc1ccc2cc(Br)ccc2c1Br.Oc1ccc2ccccc2c1Br. The number of rotatable bonds is 0. The zero-order chi connectivity index (χ0) is 18.0. The largest absolute Gasteiger partial charge is 0.507 e. The first-order chi connectivity index (χ1) is 12.0. The number of halogens is 3. The molecule has 0 heterocycles. The van der Waals surface area contributed by atoms with E-state index in [1.807, 2.05) is 54.6 Å². The number of phenolic OH excluding ortho intramolecular Hbond substituents is 2. The molecule has 25 heavy (non-hydrogen) atoms. The first kappa shape index (κ1) is 18.2. The van der Waals surface area contributed by atoms with E-state index in [2.05, 4.69) is 47.8 Å². The van der Waals surface area contributed by atoms with Crippen LogP contribution in [0.25, 0.3) is 21.5 Å². The Morgan fingerprint density at radius 1 is 0.560 bits per heavy atom. The van der Waals surface area contributed by atoms with E-state index in [0.717, 1.165) is 35.0 Å². The normalized spacial score (nSPS) is 10.5. The van der Waals surface area contributed by atoms with Crippen LogP contribution >= 0.6 is 47.8 Å². The number of benzene rings is 4. The molecule has 0 aromatic heterocycles. The number of fused-ring (bicyclic) bond motifs is 2. The average Bonchev–Trinajstić information content (AvgIpc) is 2.62. The van der Waals surface area contributed by atoms with Crippen LogP contribution < -0.4 is 0 Å². The minimum Gasteiger partial charge on any atom is -0.507 e. The van der Waals surface area contributed by atoms with Crippen LogP contribution in [-0.2, 0) is 0 Å². The van der Waals surface area contributed by atoms with Gasteiger partial charge in [-0.05, 0) is 77.7 Å². The van der Waals surface area contributed by atoms with Crippen molar-refractivity contribution in [3.05, 3.63) is 80.1 Å². The third kappa shape index (κ3) is 4.00. The van der Waals surface area contributed by atoms with Gasteiger partial charge in [0.25, 0.3) is 0 Å². The van der Waals surface area contributed by atoms with Crippen LogP contribution in [0.4, 0.5) is 0 Å². The van der Waals surface area contributed by atoms with Crippen LogP contribution in [0.15, 0.2) is 80.1 Å². The summed E-state index contributed by atoms with van der Waals surface area (Å²) in [5.41, 5.74) is 0. The Hall–Kier alpha value is -1.56. The maximum atomic E-state index is 9.43. The van der Waals surface area contributed by atoms with Gasteiger partial charge in [0.15, 0.2) is 0 Å². The van der Waals surface area contributed by atoms with Crippen molar-refractivity contribution in [3.8, 4) is 11.5 Å². The van der Waals surface area contributed by atoms with Crippen molar-refractivity contribution in [3.63, 3.8) is 0 Å². The summed E-state index contributed by atoms with van der Waals surface area (Å²) in [6, 6.07) is 21.0. The van der Waals surface area contributed by atoms with Gasteiger partial charge < -0.3 is 10.2 Å². The van der Waals surface area contributed by atoms with Gasteiger partial charge in [0.1, 0.15) is 11.5 Å². The Kier molecular flexibility index (Phi) is 5.67. The molecule has 0 saturated heterocycles. The highest BCUT2D eigenvalue weighted by Crippen LogP contribution is 2.33. The smallest absolute Gasteiger partial charge is 0.130 e. The Bertz CT molecular complexity index is 1060. The molecule has 4 aromatic carbocycles. The van der Waals surface area contributed by atoms with E-state index in [4.69, 9.17) is 0 Å². The van der Waals surface area contributed by atoms with E-state index >= 15 is 0 Å².